The van der Waals surface area contributed by atoms with E-state index in [2.05, 4.69) is 11.8 Å². The Kier molecular flexibility index (Phi) is 6.84. The molecule has 0 spiro atoms. The average molecular weight is 344 g/mol. The summed E-state index contributed by atoms with van der Waals surface area (Å²) in [6.07, 6.45) is 5.77. The summed E-state index contributed by atoms with van der Waals surface area (Å²) in [5.41, 5.74) is 0. The van der Waals surface area contributed by atoms with Crippen molar-refractivity contribution in [2.75, 3.05) is 13.2 Å². The van der Waals surface area contributed by atoms with Gasteiger partial charge in [0.1, 0.15) is 5.75 Å². The Labute approximate surface area is 142 Å². The molecule has 5 heteroatoms. The van der Waals surface area contributed by atoms with Crippen LogP contribution in [0.15, 0.2) is 18.2 Å². The van der Waals surface area contributed by atoms with E-state index < -0.39 is 0 Å². The van der Waals surface area contributed by atoms with Crippen LogP contribution in [0.4, 0.5) is 0 Å². The number of benzene rings is 1. The van der Waals surface area contributed by atoms with Crippen molar-refractivity contribution in [2.24, 2.45) is 0 Å². The van der Waals surface area contributed by atoms with Gasteiger partial charge >= 0.3 is 0 Å². The van der Waals surface area contributed by atoms with Crippen LogP contribution in [0.1, 0.15) is 45.4 Å². The van der Waals surface area contributed by atoms with Gasteiger partial charge in [0, 0.05) is 24.0 Å². The maximum absolute atomic E-state index is 12.3. The fourth-order valence-corrected chi connectivity index (χ4v) is 3.36. The molecule has 0 bridgehead atoms. The van der Waals surface area contributed by atoms with Crippen LogP contribution in [0, 0.1) is 0 Å². The number of hydrogen-bond donors (Lipinski definition) is 0. The molecule has 0 radical (unpaired) electrons. The summed E-state index contributed by atoms with van der Waals surface area (Å²) in [6.45, 7) is 3.54. The summed E-state index contributed by atoms with van der Waals surface area (Å²) >= 11 is 11.9. The summed E-state index contributed by atoms with van der Waals surface area (Å²) in [7, 11) is 0. The number of piperidine rings is 1. The highest BCUT2D eigenvalue weighted by Gasteiger charge is 2.24. The van der Waals surface area contributed by atoms with E-state index in [-0.39, 0.29) is 5.91 Å². The van der Waals surface area contributed by atoms with E-state index in [1.807, 2.05) is 0 Å². The highest BCUT2D eigenvalue weighted by atomic mass is 35.5. The summed E-state index contributed by atoms with van der Waals surface area (Å²) in [5.74, 6) is 0.861. The van der Waals surface area contributed by atoms with Gasteiger partial charge in [0.15, 0.2) is 0 Å². The van der Waals surface area contributed by atoms with Crippen LogP contribution >= 0.6 is 23.2 Å². The van der Waals surface area contributed by atoms with E-state index in [1.165, 1.54) is 6.42 Å². The number of nitrogens with zero attached hydrogens (tertiary/aromatic N) is 1. The van der Waals surface area contributed by atoms with Gasteiger partial charge in [-0.25, -0.2) is 0 Å². The monoisotopic (exact) mass is 343 g/mol. The predicted octanol–water partition coefficient (Wildman–Crippen LogP) is 4.94. The molecule has 1 unspecified atom stereocenters. The number of ether oxygens (including phenoxy) is 1. The van der Waals surface area contributed by atoms with Gasteiger partial charge in [0.25, 0.3) is 0 Å². The first-order valence-electron chi connectivity index (χ1n) is 7.99. The molecule has 1 heterocycles. The van der Waals surface area contributed by atoms with Crippen molar-refractivity contribution < 1.29 is 9.53 Å². The number of rotatable bonds is 6. The highest BCUT2D eigenvalue weighted by Crippen LogP contribution is 2.27. The van der Waals surface area contributed by atoms with Crippen molar-refractivity contribution in [1.29, 1.82) is 0 Å². The van der Waals surface area contributed by atoms with Crippen LogP contribution in [0.5, 0.6) is 5.75 Å². The number of carbonyl (C=O) groups excluding carboxylic acids is 1. The molecule has 1 aromatic rings. The van der Waals surface area contributed by atoms with Gasteiger partial charge in [0.2, 0.25) is 5.91 Å². The molecule has 1 atom stereocenters. The van der Waals surface area contributed by atoms with Crippen LogP contribution in [-0.4, -0.2) is 30.0 Å². The van der Waals surface area contributed by atoms with E-state index in [4.69, 9.17) is 27.9 Å². The van der Waals surface area contributed by atoms with Gasteiger partial charge in [-0.1, -0.05) is 30.1 Å². The van der Waals surface area contributed by atoms with Crippen LogP contribution < -0.4 is 4.74 Å². The number of carbonyl (C=O) groups is 1. The Morgan fingerprint density at radius 2 is 2.18 bits per heavy atom. The fraction of sp³-hybridized carbons (Fsp3) is 0.588. The van der Waals surface area contributed by atoms with Crippen molar-refractivity contribution in [3.8, 4) is 5.75 Å². The zero-order chi connectivity index (χ0) is 15.9. The van der Waals surface area contributed by atoms with Gasteiger partial charge in [-0.3, -0.25) is 4.79 Å². The number of hydrogen-bond acceptors (Lipinski definition) is 2. The lowest BCUT2D eigenvalue weighted by Crippen LogP contribution is -2.43. The molecule has 1 amide bonds. The second kappa shape index (κ2) is 8.64. The molecular formula is C17H23Cl2NO2. The lowest BCUT2D eigenvalue weighted by atomic mass is 9.99. The van der Waals surface area contributed by atoms with Gasteiger partial charge in [-0.2, -0.15) is 0 Å². The minimum atomic E-state index is 0.248. The van der Waals surface area contributed by atoms with E-state index in [0.717, 1.165) is 25.8 Å². The molecule has 1 aliphatic heterocycles. The molecule has 1 aromatic carbocycles. The molecule has 22 heavy (non-hydrogen) atoms. The number of halogens is 2. The molecular weight excluding hydrogens is 321 g/mol. The Hall–Kier alpha value is -0.930. The minimum Gasteiger partial charge on any atom is -0.492 e. The molecule has 1 saturated heterocycles. The maximum Gasteiger partial charge on any atom is 0.222 e. The first-order valence-corrected chi connectivity index (χ1v) is 8.74. The van der Waals surface area contributed by atoms with Crippen molar-refractivity contribution in [2.45, 2.75) is 51.5 Å². The molecule has 0 N–H and O–H groups in total. The fourth-order valence-electron chi connectivity index (χ4n) is 2.89. The smallest absolute Gasteiger partial charge is 0.222 e. The zero-order valence-corrected chi connectivity index (χ0v) is 14.5. The van der Waals surface area contributed by atoms with Crippen LogP contribution in [0.25, 0.3) is 0 Å². The van der Waals surface area contributed by atoms with Gasteiger partial charge in [-0.05, 0) is 50.3 Å². The highest BCUT2D eigenvalue weighted by molar-refractivity contribution is 6.35. The molecule has 0 aromatic heterocycles. The summed E-state index contributed by atoms with van der Waals surface area (Å²) in [5, 5.41) is 1.09. The molecule has 122 valence electrons. The van der Waals surface area contributed by atoms with E-state index in [1.54, 1.807) is 18.2 Å². The topological polar surface area (TPSA) is 29.5 Å². The van der Waals surface area contributed by atoms with Crippen molar-refractivity contribution >= 4 is 29.1 Å². The first-order chi connectivity index (χ1) is 10.6. The summed E-state index contributed by atoms with van der Waals surface area (Å²) < 4.78 is 5.62. The summed E-state index contributed by atoms with van der Waals surface area (Å²) in [6, 6.07) is 5.58. The molecule has 3 nitrogen and oxygen atoms in total. The summed E-state index contributed by atoms with van der Waals surface area (Å²) in [4.78, 5) is 14.4. The van der Waals surface area contributed by atoms with Gasteiger partial charge in [0.05, 0.1) is 11.6 Å². The third kappa shape index (κ3) is 4.79. The number of likely N-dealkylation sites (tertiary alicyclic amines) is 1. The van der Waals surface area contributed by atoms with Crippen molar-refractivity contribution in [3.63, 3.8) is 0 Å². The molecule has 1 aliphatic rings. The van der Waals surface area contributed by atoms with Crippen LogP contribution in [0.2, 0.25) is 10.0 Å². The molecule has 1 fully saturated rings. The van der Waals surface area contributed by atoms with Crippen molar-refractivity contribution in [1.82, 2.24) is 4.90 Å². The molecule has 0 aliphatic carbocycles. The quantitative estimate of drug-likeness (QED) is 0.684. The predicted molar refractivity (Wildman–Crippen MR) is 90.8 cm³/mol. The number of amides is 1. The third-order valence-electron chi connectivity index (χ3n) is 4.11. The zero-order valence-electron chi connectivity index (χ0n) is 13.0. The van der Waals surface area contributed by atoms with Crippen LogP contribution in [-0.2, 0) is 4.79 Å². The first kappa shape index (κ1) is 17.4. The second-order valence-corrected chi connectivity index (χ2v) is 6.52. The second-order valence-electron chi connectivity index (χ2n) is 5.67. The SMILES string of the molecule is CCC1CCCCN1C(=O)CCCOc1ccc(Cl)cc1Cl. The lowest BCUT2D eigenvalue weighted by molar-refractivity contribution is -0.135. The molecule has 0 saturated carbocycles. The minimum absolute atomic E-state index is 0.248. The maximum atomic E-state index is 12.3. The largest absolute Gasteiger partial charge is 0.492 e. The van der Waals surface area contributed by atoms with Crippen molar-refractivity contribution in [3.05, 3.63) is 28.2 Å². The molecule has 2 rings (SSSR count). The van der Waals surface area contributed by atoms with E-state index >= 15 is 0 Å². The average Bonchev–Trinajstić information content (AvgIpc) is 2.53. The normalized spacial score (nSPS) is 18.3. The van der Waals surface area contributed by atoms with E-state index in [0.29, 0.717) is 41.3 Å². The van der Waals surface area contributed by atoms with Gasteiger partial charge < -0.3 is 9.64 Å². The Morgan fingerprint density at radius 3 is 2.91 bits per heavy atom. The van der Waals surface area contributed by atoms with Crippen LogP contribution in [0.3, 0.4) is 0 Å². The Balaban J connectivity index is 1.74. The third-order valence-corrected chi connectivity index (χ3v) is 4.64. The van der Waals surface area contributed by atoms with E-state index in [9.17, 15) is 4.79 Å². The standard InChI is InChI=1S/C17H23Cl2NO2/c1-2-14-6-3-4-10-20(14)17(21)7-5-11-22-16-9-8-13(18)12-15(16)19/h8-9,12,14H,2-7,10-11H2,1H3. The Bertz CT molecular complexity index is 507. The van der Waals surface area contributed by atoms with Gasteiger partial charge in [-0.15, -0.1) is 0 Å². The Morgan fingerprint density at radius 1 is 1.36 bits per heavy atom. The lowest BCUT2D eigenvalue weighted by Gasteiger charge is -2.35.